The minimum absolute atomic E-state index is 0.0428. The number of carbonyl (C=O) groups excluding carboxylic acids is 1. The van der Waals surface area contributed by atoms with Gasteiger partial charge in [0.05, 0.1) is 21.3 Å². The van der Waals surface area contributed by atoms with Crippen LogP contribution < -0.4 is 19.5 Å². The lowest BCUT2D eigenvalue weighted by atomic mass is 10.2. The van der Waals surface area contributed by atoms with Crippen LogP contribution in [0.15, 0.2) is 51.8 Å². The molecule has 0 atom stereocenters. The molecule has 0 fully saturated rings. The summed E-state index contributed by atoms with van der Waals surface area (Å²) in [5.41, 5.74) is 0.629. The van der Waals surface area contributed by atoms with Crippen molar-refractivity contribution in [3.63, 3.8) is 0 Å². The SMILES string of the molecule is COc1ccc(SCCC(=O)Nc2nnc(-c3cc(OC)cc(OC)c3)o2)cc1. The van der Waals surface area contributed by atoms with Crippen molar-refractivity contribution in [2.45, 2.75) is 11.3 Å². The number of hydrogen-bond donors (Lipinski definition) is 1. The number of nitrogens with one attached hydrogen (secondary N) is 1. The van der Waals surface area contributed by atoms with Gasteiger partial charge in [0.2, 0.25) is 11.8 Å². The van der Waals surface area contributed by atoms with Crippen LogP contribution in [-0.4, -0.2) is 43.2 Å². The number of benzene rings is 2. The van der Waals surface area contributed by atoms with Gasteiger partial charge in [0.15, 0.2) is 0 Å². The Hall–Kier alpha value is -3.20. The highest BCUT2D eigenvalue weighted by Gasteiger charge is 2.13. The first-order chi connectivity index (χ1) is 14.1. The van der Waals surface area contributed by atoms with Gasteiger partial charge in [-0.3, -0.25) is 10.1 Å². The molecule has 1 amide bonds. The van der Waals surface area contributed by atoms with E-state index in [2.05, 4.69) is 15.5 Å². The molecule has 2 aromatic carbocycles. The Morgan fingerprint density at radius 2 is 1.62 bits per heavy atom. The van der Waals surface area contributed by atoms with E-state index < -0.39 is 0 Å². The summed E-state index contributed by atoms with van der Waals surface area (Å²) < 4.78 is 21.1. The van der Waals surface area contributed by atoms with Crippen molar-refractivity contribution in [2.24, 2.45) is 0 Å². The number of aromatic nitrogens is 2. The third-order valence-corrected chi connectivity index (χ3v) is 4.94. The van der Waals surface area contributed by atoms with E-state index >= 15 is 0 Å². The molecule has 0 saturated heterocycles. The van der Waals surface area contributed by atoms with Crippen LogP contribution in [0, 0.1) is 0 Å². The molecule has 3 rings (SSSR count). The maximum Gasteiger partial charge on any atom is 0.322 e. The summed E-state index contributed by atoms with van der Waals surface area (Å²) in [4.78, 5) is 13.2. The van der Waals surface area contributed by atoms with Crippen LogP contribution in [-0.2, 0) is 4.79 Å². The van der Waals surface area contributed by atoms with Gasteiger partial charge in [-0.1, -0.05) is 5.10 Å². The molecule has 29 heavy (non-hydrogen) atoms. The Morgan fingerprint density at radius 1 is 0.966 bits per heavy atom. The highest BCUT2D eigenvalue weighted by atomic mass is 32.2. The van der Waals surface area contributed by atoms with Gasteiger partial charge in [-0.25, -0.2) is 0 Å². The third-order valence-electron chi connectivity index (χ3n) is 3.93. The van der Waals surface area contributed by atoms with Gasteiger partial charge in [-0.2, -0.15) is 0 Å². The molecule has 152 valence electrons. The Kier molecular flexibility index (Phi) is 6.96. The van der Waals surface area contributed by atoms with Gasteiger partial charge in [0.25, 0.3) is 0 Å². The molecule has 9 heteroatoms. The minimum atomic E-state index is -0.204. The quantitative estimate of drug-likeness (QED) is 0.526. The Balaban J connectivity index is 1.54. The van der Waals surface area contributed by atoms with Crippen LogP contribution in [0.5, 0.6) is 17.2 Å². The van der Waals surface area contributed by atoms with Gasteiger partial charge in [0.1, 0.15) is 17.2 Å². The fraction of sp³-hybridized carbons (Fsp3) is 0.250. The molecule has 1 N–H and O–H groups in total. The summed E-state index contributed by atoms with van der Waals surface area (Å²) in [7, 11) is 4.74. The predicted octanol–water partition coefficient (Wildman–Crippen LogP) is 3.88. The Labute approximate surface area is 172 Å². The molecule has 3 aromatic rings. The van der Waals surface area contributed by atoms with E-state index in [1.165, 1.54) is 0 Å². The van der Waals surface area contributed by atoms with E-state index in [1.54, 1.807) is 51.3 Å². The topological polar surface area (TPSA) is 95.7 Å². The number of nitrogens with zero attached hydrogens (tertiary/aromatic N) is 2. The van der Waals surface area contributed by atoms with Crippen LogP contribution in [0.4, 0.5) is 6.01 Å². The van der Waals surface area contributed by atoms with Crippen molar-refractivity contribution in [3.05, 3.63) is 42.5 Å². The van der Waals surface area contributed by atoms with Crippen LogP contribution in [0.2, 0.25) is 0 Å². The number of amides is 1. The molecule has 1 heterocycles. The first-order valence-corrected chi connectivity index (χ1v) is 9.73. The predicted molar refractivity (Wildman–Crippen MR) is 110 cm³/mol. The zero-order valence-corrected chi connectivity index (χ0v) is 17.1. The smallest absolute Gasteiger partial charge is 0.322 e. The standard InChI is InChI=1S/C20H21N3O5S/c1-25-14-4-6-17(7-5-14)29-9-8-18(24)21-20-23-22-19(28-20)13-10-15(26-2)12-16(11-13)27-3/h4-7,10-12H,8-9H2,1-3H3,(H,21,23,24). The summed E-state index contributed by atoms with van der Waals surface area (Å²) in [6, 6.07) is 12.9. The second-order valence-corrected chi connectivity index (χ2v) is 7.00. The molecule has 0 aliphatic heterocycles. The highest BCUT2D eigenvalue weighted by molar-refractivity contribution is 7.99. The molecule has 0 saturated carbocycles. The van der Waals surface area contributed by atoms with Crippen molar-refractivity contribution in [2.75, 3.05) is 32.4 Å². The number of rotatable bonds is 9. The van der Waals surface area contributed by atoms with E-state index in [0.717, 1.165) is 10.6 Å². The number of methoxy groups -OCH3 is 3. The molecule has 0 radical (unpaired) electrons. The van der Waals surface area contributed by atoms with Gasteiger partial charge >= 0.3 is 6.01 Å². The van der Waals surface area contributed by atoms with Gasteiger partial charge < -0.3 is 18.6 Å². The van der Waals surface area contributed by atoms with E-state index in [1.807, 2.05) is 24.3 Å². The maximum atomic E-state index is 12.1. The summed E-state index contributed by atoms with van der Waals surface area (Å²) >= 11 is 1.58. The summed E-state index contributed by atoms with van der Waals surface area (Å²) in [5.74, 6) is 2.66. The average Bonchev–Trinajstić information content (AvgIpc) is 3.22. The molecule has 1 aromatic heterocycles. The zero-order valence-electron chi connectivity index (χ0n) is 16.3. The van der Waals surface area contributed by atoms with Gasteiger partial charge in [0, 0.05) is 28.7 Å². The second-order valence-electron chi connectivity index (χ2n) is 5.84. The van der Waals surface area contributed by atoms with E-state index in [-0.39, 0.29) is 17.8 Å². The van der Waals surface area contributed by atoms with Crippen LogP contribution in [0.25, 0.3) is 11.5 Å². The molecule has 0 unspecified atom stereocenters. The summed E-state index contributed by atoms with van der Waals surface area (Å²) in [5, 5.41) is 10.5. The van der Waals surface area contributed by atoms with E-state index in [4.69, 9.17) is 18.6 Å². The lowest BCUT2D eigenvalue weighted by Gasteiger charge is -2.05. The van der Waals surface area contributed by atoms with E-state index in [0.29, 0.717) is 29.2 Å². The number of carbonyl (C=O) groups is 1. The Bertz CT molecular complexity index is 937. The largest absolute Gasteiger partial charge is 0.497 e. The van der Waals surface area contributed by atoms with Gasteiger partial charge in [-0.05, 0) is 36.4 Å². The first kappa shape index (κ1) is 20.5. The van der Waals surface area contributed by atoms with Crippen molar-refractivity contribution < 1.29 is 23.4 Å². The lowest BCUT2D eigenvalue weighted by molar-refractivity contribution is -0.115. The monoisotopic (exact) mass is 415 g/mol. The van der Waals surface area contributed by atoms with Crippen LogP contribution in [0.1, 0.15) is 6.42 Å². The molecule has 8 nitrogen and oxygen atoms in total. The minimum Gasteiger partial charge on any atom is -0.497 e. The number of thioether (sulfide) groups is 1. The second kappa shape index (κ2) is 9.83. The molecule has 0 spiro atoms. The molecular weight excluding hydrogens is 394 g/mol. The molecule has 0 aliphatic carbocycles. The zero-order chi connectivity index (χ0) is 20.6. The van der Waals surface area contributed by atoms with Crippen molar-refractivity contribution >= 4 is 23.7 Å². The molecular formula is C20H21N3O5S. The number of ether oxygens (including phenoxy) is 3. The third kappa shape index (κ3) is 5.64. The van der Waals surface area contributed by atoms with Crippen molar-refractivity contribution in [3.8, 4) is 28.7 Å². The summed E-state index contributed by atoms with van der Waals surface area (Å²) in [6.07, 6.45) is 0.307. The lowest BCUT2D eigenvalue weighted by Crippen LogP contribution is -2.12. The molecule has 0 aliphatic rings. The number of anilines is 1. The number of hydrogen-bond acceptors (Lipinski definition) is 8. The van der Waals surface area contributed by atoms with E-state index in [9.17, 15) is 4.79 Å². The Morgan fingerprint density at radius 3 is 2.24 bits per heavy atom. The van der Waals surface area contributed by atoms with Crippen molar-refractivity contribution in [1.82, 2.24) is 10.2 Å². The summed E-state index contributed by atoms with van der Waals surface area (Å²) in [6.45, 7) is 0. The normalized spacial score (nSPS) is 10.4. The maximum absolute atomic E-state index is 12.1. The molecule has 0 bridgehead atoms. The fourth-order valence-corrected chi connectivity index (χ4v) is 3.29. The van der Waals surface area contributed by atoms with Crippen LogP contribution >= 0.6 is 11.8 Å². The van der Waals surface area contributed by atoms with Gasteiger partial charge in [-0.15, -0.1) is 16.9 Å². The van der Waals surface area contributed by atoms with Crippen molar-refractivity contribution in [1.29, 1.82) is 0 Å². The average molecular weight is 415 g/mol. The fourth-order valence-electron chi connectivity index (χ4n) is 2.44. The highest BCUT2D eigenvalue weighted by Crippen LogP contribution is 2.29. The first-order valence-electron chi connectivity index (χ1n) is 8.75. The van der Waals surface area contributed by atoms with Crippen LogP contribution in [0.3, 0.4) is 0 Å².